The first-order chi connectivity index (χ1) is 15.5. The molecule has 2 N–H and O–H groups in total. The molecule has 2 aromatic carbocycles. The Labute approximate surface area is 184 Å². The van der Waals surface area contributed by atoms with Crippen LogP contribution in [-0.4, -0.2) is 72.6 Å². The average molecular weight is 438 g/mol. The number of hydrogen-bond donors (Lipinski definition) is 2. The van der Waals surface area contributed by atoms with Gasteiger partial charge in [-0.05, 0) is 30.2 Å². The van der Waals surface area contributed by atoms with Crippen LogP contribution in [0.5, 0.6) is 0 Å². The Morgan fingerprint density at radius 3 is 2.62 bits per heavy atom. The minimum absolute atomic E-state index is 0.260. The zero-order valence-electron chi connectivity index (χ0n) is 17.3. The van der Waals surface area contributed by atoms with Crippen molar-refractivity contribution in [1.29, 1.82) is 0 Å². The quantitative estimate of drug-likeness (QED) is 0.751. The summed E-state index contributed by atoms with van der Waals surface area (Å²) in [7, 11) is 0. The Bertz CT molecular complexity index is 1090. The summed E-state index contributed by atoms with van der Waals surface area (Å²) < 4.78 is 19.5. The summed E-state index contributed by atoms with van der Waals surface area (Å²) >= 11 is 0. The van der Waals surface area contributed by atoms with Gasteiger partial charge in [0.05, 0.1) is 30.5 Å². The second-order valence-corrected chi connectivity index (χ2v) is 8.12. The number of ether oxygens (including phenoxy) is 1. The second kappa shape index (κ2) is 8.23. The van der Waals surface area contributed by atoms with Crippen molar-refractivity contribution in [2.24, 2.45) is 0 Å². The van der Waals surface area contributed by atoms with Crippen LogP contribution >= 0.6 is 0 Å². The van der Waals surface area contributed by atoms with Crippen LogP contribution < -0.4 is 10.6 Å². The molecular formula is C23H23FN4O4. The van der Waals surface area contributed by atoms with E-state index in [-0.39, 0.29) is 23.7 Å². The van der Waals surface area contributed by atoms with Gasteiger partial charge in [0.25, 0.3) is 5.91 Å². The van der Waals surface area contributed by atoms with Gasteiger partial charge in [-0.15, -0.1) is 0 Å². The monoisotopic (exact) mass is 438 g/mol. The van der Waals surface area contributed by atoms with Crippen molar-refractivity contribution in [2.75, 3.05) is 38.2 Å². The molecule has 3 aliphatic heterocycles. The number of morpholine rings is 1. The van der Waals surface area contributed by atoms with Crippen LogP contribution in [0.1, 0.15) is 16.8 Å². The third-order valence-corrected chi connectivity index (χ3v) is 6.23. The lowest BCUT2D eigenvalue weighted by Gasteiger charge is -2.30. The first kappa shape index (κ1) is 20.4. The summed E-state index contributed by atoms with van der Waals surface area (Å²) in [6.45, 7) is 2.28. The van der Waals surface area contributed by atoms with Crippen LogP contribution in [0.25, 0.3) is 11.1 Å². The van der Waals surface area contributed by atoms with Crippen LogP contribution in [0.15, 0.2) is 42.5 Å². The standard InChI is InChI=1S/C23H23FN4O4/c24-17-4-2-1-3-15(17)14-5-6-18-16(13-14)22(30)28-8-7-19(20(28)21(29)25-18)26-23(31)27-9-11-32-12-10-27/h1-6,13,19-20H,7-12H2,(H,25,29)(H,26,31). The van der Waals surface area contributed by atoms with Gasteiger partial charge in [-0.3, -0.25) is 9.59 Å². The third-order valence-electron chi connectivity index (χ3n) is 6.23. The van der Waals surface area contributed by atoms with Crippen molar-refractivity contribution >= 4 is 23.5 Å². The van der Waals surface area contributed by atoms with Gasteiger partial charge in [0, 0.05) is 25.2 Å². The molecule has 0 radical (unpaired) electrons. The van der Waals surface area contributed by atoms with Crippen molar-refractivity contribution in [1.82, 2.24) is 15.1 Å². The molecule has 0 saturated carbocycles. The normalized spacial score (nSPS) is 22.7. The molecule has 9 heteroatoms. The molecule has 3 heterocycles. The van der Waals surface area contributed by atoms with E-state index in [1.54, 1.807) is 41.3 Å². The van der Waals surface area contributed by atoms with E-state index >= 15 is 0 Å². The molecule has 32 heavy (non-hydrogen) atoms. The van der Waals surface area contributed by atoms with Crippen molar-refractivity contribution in [3.63, 3.8) is 0 Å². The van der Waals surface area contributed by atoms with Gasteiger partial charge in [-0.2, -0.15) is 0 Å². The maximum absolute atomic E-state index is 14.3. The number of halogens is 1. The minimum atomic E-state index is -0.809. The van der Waals surface area contributed by atoms with E-state index in [1.165, 1.54) is 11.0 Å². The van der Waals surface area contributed by atoms with E-state index in [2.05, 4.69) is 10.6 Å². The number of benzene rings is 2. The lowest BCUT2D eigenvalue weighted by molar-refractivity contribution is -0.120. The van der Waals surface area contributed by atoms with Gasteiger partial charge in [-0.25, -0.2) is 9.18 Å². The van der Waals surface area contributed by atoms with E-state index in [0.717, 1.165) is 0 Å². The lowest BCUT2D eigenvalue weighted by atomic mass is 10.0. The van der Waals surface area contributed by atoms with E-state index in [4.69, 9.17) is 4.74 Å². The third kappa shape index (κ3) is 3.58. The van der Waals surface area contributed by atoms with Crippen molar-refractivity contribution in [2.45, 2.75) is 18.5 Å². The fourth-order valence-electron chi connectivity index (χ4n) is 4.57. The van der Waals surface area contributed by atoms with E-state index in [9.17, 15) is 18.8 Å². The molecule has 3 aliphatic rings. The molecule has 0 bridgehead atoms. The van der Waals surface area contributed by atoms with Crippen molar-refractivity contribution in [3.05, 3.63) is 53.8 Å². The molecule has 166 valence electrons. The van der Waals surface area contributed by atoms with Crippen molar-refractivity contribution < 1.29 is 23.5 Å². The number of amides is 4. The number of rotatable bonds is 2. The molecule has 0 spiro atoms. The van der Waals surface area contributed by atoms with Crippen LogP contribution in [0.2, 0.25) is 0 Å². The Hall–Kier alpha value is -3.46. The van der Waals surface area contributed by atoms with Crippen LogP contribution in [0.4, 0.5) is 14.9 Å². The van der Waals surface area contributed by atoms with Crippen LogP contribution in [0, 0.1) is 5.82 Å². The van der Waals surface area contributed by atoms with Crippen LogP contribution in [-0.2, 0) is 9.53 Å². The molecule has 2 unspecified atom stereocenters. The molecule has 5 rings (SSSR count). The largest absolute Gasteiger partial charge is 0.378 e. The molecule has 8 nitrogen and oxygen atoms in total. The first-order valence-corrected chi connectivity index (χ1v) is 10.7. The van der Waals surface area contributed by atoms with Gasteiger partial charge in [0.2, 0.25) is 5.91 Å². The van der Waals surface area contributed by atoms with Gasteiger partial charge in [0.15, 0.2) is 0 Å². The number of fused-ring (bicyclic) bond motifs is 2. The fraction of sp³-hybridized carbons (Fsp3) is 0.348. The molecule has 2 atom stereocenters. The number of nitrogens with one attached hydrogen (secondary N) is 2. The van der Waals surface area contributed by atoms with E-state index in [1.807, 2.05) is 0 Å². The number of nitrogens with zero attached hydrogens (tertiary/aromatic N) is 2. The summed E-state index contributed by atoms with van der Waals surface area (Å²) in [4.78, 5) is 42.2. The molecule has 4 amide bonds. The maximum atomic E-state index is 14.3. The Balaban J connectivity index is 1.40. The average Bonchev–Trinajstić information content (AvgIpc) is 3.19. The topological polar surface area (TPSA) is 91.0 Å². The SMILES string of the molecule is O=C1Nc2ccc(-c3ccccc3F)cc2C(=O)N2CCC(NC(=O)N3CCOCC3)C12. The highest BCUT2D eigenvalue weighted by molar-refractivity contribution is 6.11. The Morgan fingerprint density at radius 1 is 1.06 bits per heavy atom. The Kier molecular flexibility index (Phi) is 5.26. The summed E-state index contributed by atoms with van der Waals surface area (Å²) in [6, 6.07) is 9.69. The molecule has 0 aliphatic carbocycles. The summed E-state index contributed by atoms with van der Waals surface area (Å²) in [5.41, 5.74) is 1.63. The predicted octanol–water partition coefficient (Wildman–Crippen LogP) is 2.07. The van der Waals surface area contributed by atoms with E-state index in [0.29, 0.717) is 61.6 Å². The molecular weight excluding hydrogens is 415 g/mol. The summed E-state index contributed by atoms with van der Waals surface area (Å²) in [5, 5.41) is 5.75. The van der Waals surface area contributed by atoms with Crippen LogP contribution in [0.3, 0.4) is 0 Å². The number of carbonyl (C=O) groups is 3. The zero-order valence-corrected chi connectivity index (χ0v) is 17.3. The number of hydrogen-bond acceptors (Lipinski definition) is 4. The smallest absolute Gasteiger partial charge is 0.317 e. The fourth-order valence-corrected chi connectivity index (χ4v) is 4.57. The summed E-state index contributed by atoms with van der Waals surface area (Å²) in [5.74, 6) is -1.05. The lowest BCUT2D eigenvalue weighted by Crippen LogP contribution is -2.55. The highest BCUT2D eigenvalue weighted by Gasteiger charge is 2.45. The van der Waals surface area contributed by atoms with Gasteiger partial charge >= 0.3 is 6.03 Å². The molecule has 0 aromatic heterocycles. The van der Waals surface area contributed by atoms with Gasteiger partial charge in [-0.1, -0.05) is 24.3 Å². The van der Waals surface area contributed by atoms with E-state index < -0.39 is 12.1 Å². The predicted molar refractivity (Wildman–Crippen MR) is 115 cm³/mol. The number of carbonyl (C=O) groups excluding carboxylic acids is 3. The highest BCUT2D eigenvalue weighted by atomic mass is 19.1. The Morgan fingerprint density at radius 2 is 1.84 bits per heavy atom. The molecule has 2 aromatic rings. The van der Waals surface area contributed by atoms with Gasteiger partial charge < -0.3 is 25.2 Å². The first-order valence-electron chi connectivity index (χ1n) is 10.7. The minimum Gasteiger partial charge on any atom is -0.378 e. The van der Waals surface area contributed by atoms with Crippen molar-refractivity contribution in [3.8, 4) is 11.1 Å². The van der Waals surface area contributed by atoms with Gasteiger partial charge in [0.1, 0.15) is 11.9 Å². The number of urea groups is 1. The zero-order chi connectivity index (χ0) is 22.2. The number of anilines is 1. The summed E-state index contributed by atoms with van der Waals surface area (Å²) in [6.07, 6.45) is 0.474. The molecule has 2 fully saturated rings. The maximum Gasteiger partial charge on any atom is 0.317 e. The highest BCUT2D eigenvalue weighted by Crippen LogP contribution is 2.33. The second-order valence-electron chi connectivity index (χ2n) is 8.12. The molecule has 2 saturated heterocycles.